The molecule has 0 fully saturated rings. The van der Waals surface area contributed by atoms with Crippen molar-refractivity contribution in [1.29, 1.82) is 0 Å². The van der Waals surface area contributed by atoms with Crippen molar-refractivity contribution >= 4 is 5.91 Å². The van der Waals surface area contributed by atoms with Gasteiger partial charge < -0.3 is 16.2 Å². The van der Waals surface area contributed by atoms with Gasteiger partial charge in [0.1, 0.15) is 0 Å². The molecule has 0 radical (unpaired) electrons. The van der Waals surface area contributed by atoms with E-state index < -0.39 is 0 Å². The molecule has 1 aromatic carbocycles. The third kappa shape index (κ3) is 9.36. The van der Waals surface area contributed by atoms with Crippen molar-refractivity contribution in [2.24, 2.45) is 5.73 Å². The fraction of sp³-hybridized carbons (Fsp3) is 0.632. The Morgan fingerprint density at radius 3 is 2.26 bits per heavy atom. The molecule has 0 bridgehead atoms. The van der Waals surface area contributed by atoms with Crippen molar-refractivity contribution in [3.8, 4) is 0 Å². The van der Waals surface area contributed by atoms with E-state index in [0.717, 1.165) is 76.4 Å². The second-order valence-electron chi connectivity index (χ2n) is 6.04. The van der Waals surface area contributed by atoms with Gasteiger partial charge in [-0.2, -0.15) is 0 Å². The monoisotopic (exact) mass is 320 g/mol. The minimum Gasteiger partial charge on any atom is -0.396 e. The molecule has 0 heterocycles. The summed E-state index contributed by atoms with van der Waals surface area (Å²) in [6.07, 6.45) is 9.63. The molecular formula is C19H32N2O2. The maximum absolute atomic E-state index is 12.0. The Morgan fingerprint density at radius 1 is 0.913 bits per heavy atom. The second kappa shape index (κ2) is 13.1. The third-order valence-corrected chi connectivity index (χ3v) is 4.01. The number of carbonyl (C=O) groups is 1. The van der Waals surface area contributed by atoms with Crippen LogP contribution in [0.2, 0.25) is 0 Å². The van der Waals surface area contributed by atoms with Gasteiger partial charge in [0.2, 0.25) is 0 Å². The predicted octanol–water partition coefficient (Wildman–Crippen LogP) is 3.03. The zero-order valence-corrected chi connectivity index (χ0v) is 14.2. The fourth-order valence-corrected chi connectivity index (χ4v) is 2.54. The quantitative estimate of drug-likeness (QED) is 0.489. The first-order valence-corrected chi connectivity index (χ1v) is 8.96. The summed E-state index contributed by atoms with van der Waals surface area (Å²) in [6, 6.07) is 7.91. The normalized spacial score (nSPS) is 10.7. The van der Waals surface area contributed by atoms with E-state index in [1.807, 2.05) is 24.3 Å². The SMILES string of the molecule is NCCCCCCNC(=O)c1ccc(CCCCCCO)cc1. The van der Waals surface area contributed by atoms with Crippen LogP contribution in [0.15, 0.2) is 24.3 Å². The number of aliphatic hydroxyl groups excluding tert-OH is 1. The Morgan fingerprint density at radius 2 is 1.57 bits per heavy atom. The number of hydrogen-bond acceptors (Lipinski definition) is 3. The van der Waals surface area contributed by atoms with Crippen LogP contribution in [-0.2, 0) is 6.42 Å². The van der Waals surface area contributed by atoms with Crippen molar-refractivity contribution in [2.45, 2.75) is 57.8 Å². The number of aryl methyl sites for hydroxylation is 1. The minimum atomic E-state index is 0.0123. The van der Waals surface area contributed by atoms with Gasteiger partial charge in [0.15, 0.2) is 0 Å². The molecule has 4 heteroatoms. The maximum atomic E-state index is 12.0. The summed E-state index contributed by atoms with van der Waals surface area (Å²) in [5, 5.41) is 11.7. The Bertz CT molecular complexity index is 418. The second-order valence-corrected chi connectivity index (χ2v) is 6.04. The van der Waals surface area contributed by atoms with Crippen LogP contribution in [0.1, 0.15) is 67.3 Å². The van der Waals surface area contributed by atoms with E-state index in [-0.39, 0.29) is 12.5 Å². The maximum Gasteiger partial charge on any atom is 0.251 e. The summed E-state index contributed by atoms with van der Waals surface area (Å²) < 4.78 is 0. The van der Waals surface area contributed by atoms with Crippen molar-refractivity contribution in [2.75, 3.05) is 19.7 Å². The average molecular weight is 320 g/mol. The van der Waals surface area contributed by atoms with Gasteiger partial charge in [-0.15, -0.1) is 0 Å². The summed E-state index contributed by atoms with van der Waals surface area (Å²) >= 11 is 0. The highest BCUT2D eigenvalue weighted by molar-refractivity contribution is 5.94. The molecule has 0 saturated carbocycles. The van der Waals surface area contributed by atoms with Gasteiger partial charge in [0.25, 0.3) is 5.91 Å². The lowest BCUT2D eigenvalue weighted by Crippen LogP contribution is -2.24. The Labute approximate surface area is 140 Å². The van der Waals surface area contributed by atoms with E-state index in [0.29, 0.717) is 0 Å². The lowest BCUT2D eigenvalue weighted by atomic mass is 10.0. The van der Waals surface area contributed by atoms with Gasteiger partial charge in [-0.1, -0.05) is 37.8 Å². The number of carbonyl (C=O) groups excluding carboxylic acids is 1. The summed E-state index contributed by atoms with van der Waals surface area (Å²) in [7, 11) is 0. The predicted molar refractivity (Wildman–Crippen MR) is 95.6 cm³/mol. The van der Waals surface area contributed by atoms with Crippen molar-refractivity contribution < 1.29 is 9.90 Å². The number of hydrogen-bond donors (Lipinski definition) is 3. The molecule has 0 unspecified atom stereocenters. The topological polar surface area (TPSA) is 75.3 Å². The van der Waals surface area contributed by atoms with E-state index in [9.17, 15) is 4.79 Å². The van der Waals surface area contributed by atoms with Crippen LogP contribution < -0.4 is 11.1 Å². The molecule has 1 amide bonds. The van der Waals surface area contributed by atoms with Crippen LogP contribution in [0, 0.1) is 0 Å². The first-order valence-electron chi connectivity index (χ1n) is 8.96. The highest BCUT2D eigenvalue weighted by Gasteiger charge is 2.04. The van der Waals surface area contributed by atoms with Gasteiger partial charge in [-0.05, 0) is 56.3 Å². The molecule has 130 valence electrons. The van der Waals surface area contributed by atoms with Gasteiger partial charge in [-0.25, -0.2) is 0 Å². The molecule has 1 rings (SSSR count). The number of nitrogens with one attached hydrogen (secondary N) is 1. The molecule has 0 atom stereocenters. The van der Waals surface area contributed by atoms with Crippen LogP contribution in [0.5, 0.6) is 0 Å². The lowest BCUT2D eigenvalue weighted by Gasteiger charge is -2.06. The lowest BCUT2D eigenvalue weighted by molar-refractivity contribution is 0.0953. The van der Waals surface area contributed by atoms with Gasteiger partial charge in [0, 0.05) is 18.7 Å². The van der Waals surface area contributed by atoms with E-state index in [4.69, 9.17) is 10.8 Å². The van der Waals surface area contributed by atoms with Crippen LogP contribution >= 0.6 is 0 Å². The number of nitrogens with two attached hydrogens (primary N) is 1. The molecule has 0 aromatic heterocycles. The van der Waals surface area contributed by atoms with Crippen molar-refractivity contribution in [3.05, 3.63) is 35.4 Å². The molecular weight excluding hydrogens is 288 g/mol. The van der Waals surface area contributed by atoms with Crippen LogP contribution in [0.25, 0.3) is 0 Å². The van der Waals surface area contributed by atoms with E-state index >= 15 is 0 Å². The highest BCUT2D eigenvalue weighted by Crippen LogP contribution is 2.10. The fourth-order valence-electron chi connectivity index (χ4n) is 2.54. The zero-order valence-electron chi connectivity index (χ0n) is 14.2. The average Bonchev–Trinajstić information content (AvgIpc) is 2.58. The number of amides is 1. The molecule has 0 spiro atoms. The summed E-state index contributed by atoms with van der Waals surface area (Å²) in [5.74, 6) is 0.0123. The van der Waals surface area contributed by atoms with E-state index in [2.05, 4.69) is 5.32 Å². The van der Waals surface area contributed by atoms with Gasteiger partial charge >= 0.3 is 0 Å². The van der Waals surface area contributed by atoms with Crippen LogP contribution in [0.3, 0.4) is 0 Å². The first kappa shape index (κ1) is 19.7. The molecule has 23 heavy (non-hydrogen) atoms. The number of unbranched alkanes of at least 4 members (excludes halogenated alkanes) is 6. The number of benzene rings is 1. The Hall–Kier alpha value is -1.39. The van der Waals surface area contributed by atoms with Crippen molar-refractivity contribution in [3.63, 3.8) is 0 Å². The van der Waals surface area contributed by atoms with Crippen LogP contribution in [0.4, 0.5) is 0 Å². The molecule has 1 aromatic rings. The first-order chi connectivity index (χ1) is 11.3. The summed E-state index contributed by atoms with van der Waals surface area (Å²) in [4.78, 5) is 12.0. The van der Waals surface area contributed by atoms with E-state index in [1.54, 1.807) is 0 Å². The third-order valence-electron chi connectivity index (χ3n) is 4.01. The molecule has 4 nitrogen and oxygen atoms in total. The number of rotatable bonds is 13. The Kier molecular flexibility index (Phi) is 11.2. The van der Waals surface area contributed by atoms with Crippen LogP contribution in [-0.4, -0.2) is 30.7 Å². The minimum absolute atomic E-state index is 0.0123. The highest BCUT2D eigenvalue weighted by atomic mass is 16.2. The largest absolute Gasteiger partial charge is 0.396 e. The van der Waals surface area contributed by atoms with Gasteiger partial charge in [-0.3, -0.25) is 4.79 Å². The molecule has 4 N–H and O–H groups in total. The molecule has 0 saturated heterocycles. The molecule has 0 aliphatic heterocycles. The summed E-state index contributed by atoms with van der Waals surface area (Å²) in [6.45, 7) is 1.77. The van der Waals surface area contributed by atoms with Crippen molar-refractivity contribution in [1.82, 2.24) is 5.32 Å². The molecule has 0 aliphatic rings. The van der Waals surface area contributed by atoms with E-state index in [1.165, 1.54) is 5.56 Å². The van der Waals surface area contributed by atoms with Gasteiger partial charge in [0.05, 0.1) is 0 Å². The zero-order chi connectivity index (χ0) is 16.8. The Balaban J connectivity index is 2.20. The molecule has 0 aliphatic carbocycles. The standard InChI is InChI=1S/C19H32N2O2/c20-14-6-2-3-7-15-21-19(23)18-12-10-17(11-13-18)9-5-1-4-8-16-22/h10-13,22H,1-9,14-16,20H2,(H,21,23). The number of aliphatic hydroxyl groups is 1. The smallest absolute Gasteiger partial charge is 0.251 e. The summed E-state index contributed by atoms with van der Waals surface area (Å²) in [5.41, 5.74) is 7.45.